The first kappa shape index (κ1) is 39.6. The molecular weight excluding hydrogens is 810 g/mol. The second kappa shape index (κ2) is 13.3. The zero-order valence-corrected chi connectivity index (χ0v) is 34.0. The monoisotopic (exact) mass is 843 g/mol. The van der Waals surface area contributed by atoms with Gasteiger partial charge < -0.3 is 14.7 Å². The Morgan fingerprint density at radius 2 is 1.38 bits per heavy atom. The molecule has 11 nitrogen and oxygen atoms in total. The number of hydrogen-bond acceptors (Lipinski definition) is 7. The third-order valence-corrected chi connectivity index (χ3v) is 12.9. The fourth-order valence-electron chi connectivity index (χ4n) is 7.83. The lowest BCUT2D eigenvalue weighted by atomic mass is 9.83. The third-order valence-electron chi connectivity index (χ3n) is 9.71. The molecule has 0 fully saturated rings. The Bertz CT molecular complexity index is 2600. The van der Waals surface area contributed by atoms with E-state index < -0.39 is 59.4 Å². The Morgan fingerprint density at radius 1 is 0.792 bits per heavy atom. The highest BCUT2D eigenvalue weighted by atomic mass is 35.5. The van der Waals surface area contributed by atoms with Crippen molar-refractivity contribution in [3.8, 4) is 11.5 Å². The molecule has 17 heteroatoms. The molecule has 0 aromatic heterocycles. The molecule has 3 aromatic rings. The van der Waals surface area contributed by atoms with Crippen LogP contribution in [0, 0.1) is 0 Å². The molecule has 0 saturated carbocycles. The van der Waals surface area contributed by atoms with Crippen molar-refractivity contribution in [1.82, 2.24) is 4.58 Å². The summed E-state index contributed by atoms with van der Waals surface area (Å²) in [5.41, 5.74) is 0.390. The van der Waals surface area contributed by atoms with E-state index >= 15 is 0 Å². The molecule has 3 aromatic carbocycles. The molecule has 0 spiro atoms. The summed E-state index contributed by atoms with van der Waals surface area (Å²) in [6, 6.07) is 6.69. The normalized spacial score (nSPS) is 17.2. The molecule has 282 valence electrons. The molecule has 0 unspecified atom stereocenters. The van der Waals surface area contributed by atoms with Gasteiger partial charge in [0.05, 0.1) is 42.8 Å². The fourth-order valence-corrected chi connectivity index (χ4v) is 10.1. The number of nitrogens with zero attached hydrogens (tertiary/aromatic N) is 2. The van der Waals surface area contributed by atoms with E-state index in [-0.39, 0.29) is 59.6 Å². The second-order valence-electron chi connectivity index (χ2n) is 14.1. The lowest BCUT2D eigenvalue weighted by Gasteiger charge is -2.43. The Balaban J connectivity index is 1.86. The predicted octanol–water partition coefficient (Wildman–Crippen LogP) is 6.82. The van der Waals surface area contributed by atoms with E-state index in [1.165, 1.54) is 0 Å². The number of hydrogen-bond donors (Lipinski definition) is 3. The van der Waals surface area contributed by atoms with Crippen LogP contribution in [-0.4, -0.2) is 72.7 Å². The van der Waals surface area contributed by atoms with E-state index in [1.807, 2.05) is 51.0 Å². The number of aromatic carboxylic acids is 1. The summed E-state index contributed by atoms with van der Waals surface area (Å²) >= 11 is 26.5. The molecule has 6 rings (SSSR count). The van der Waals surface area contributed by atoms with Gasteiger partial charge in [-0.2, -0.15) is 16.8 Å². The molecule has 3 aliphatic rings. The number of carboxylic acid groups (broad SMARTS) is 1. The van der Waals surface area contributed by atoms with Crippen molar-refractivity contribution in [3.63, 3.8) is 0 Å². The van der Waals surface area contributed by atoms with Gasteiger partial charge in [-0.1, -0.05) is 52.5 Å². The third kappa shape index (κ3) is 6.88. The van der Waals surface area contributed by atoms with Crippen molar-refractivity contribution < 1.29 is 40.6 Å². The Morgan fingerprint density at radius 3 is 1.92 bits per heavy atom. The maximum atomic E-state index is 13.0. The van der Waals surface area contributed by atoms with Crippen molar-refractivity contribution in [2.45, 2.75) is 52.6 Å². The van der Waals surface area contributed by atoms with Crippen LogP contribution < -0.4 is 24.8 Å². The molecule has 3 N–H and O–H groups in total. The maximum Gasteiger partial charge on any atom is 0.337 e. The first-order chi connectivity index (χ1) is 24.4. The summed E-state index contributed by atoms with van der Waals surface area (Å²) in [6.07, 6.45) is 3.48. The van der Waals surface area contributed by atoms with Crippen LogP contribution in [-0.2, 0) is 20.2 Å². The summed E-state index contributed by atoms with van der Waals surface area (Å²) in [5.74, 6) is -2.43. The van der Waals surface area contributed by atoms with Gasteiger partial charge in [0.1, 0.15) is 29.5 Å². The summed E-state index contributed by atoms with van der Waals surface area (Å²) in [6.45, 7) is 12.5. The van der Waals surface area contributed by atoms with Crippen LogP contribution in [0.4, 0.5) is 5.69 Å². The second-order valence-corrected chi connectivity index (χ2v) is 18.5. The summed E-state index contributed by atoms with van der Waals surface area (Å²) < 4.78 is 78.0. The lowest BCUT2D eigenvalue weighted by Crippen LogP contribution is -2.50. The van der Waals surface area contributed by atoms with Crippen LogP contribution in [0.5, 0.6) is 11.5 Å². The molecule has 0 bridgehead atoms. The van der Waals surface area contributed by atoms with Gasteiger partial charge in [0, 0.05) is 59.6 Å². The molecule has 3 heterocycles. The molecule has 0 aliphatic carbocycles. The number of benzene rings is 3. The zero-order chi connectivity index (χ0) is 39.3. The highest BCUT2D eigenvalue weighted by Crippen LogP contribution is 2.50. The molecule has 0 amide bonds. The molecule has 53 heavy (non-hydrogen) atoms. The van der Waals surface area contributed by atoms with Gasteiger partial charge in [0.25, 0.3) is 20.2 Å². The van der Waals surface area contributed by atoms with Crippen molar-refractivity contribution in [2.24, 2.45) is 0 Å². The van der Waals surface area contributed by atoms with Crippen molar-refractivity contribution in [1.29, 1.82) is 0 Å². The number of fused-ring (bicyclic) bond motifs is 4. The van der Waals surface area contributed by atoms with Crippen molar-refractivity contribution in [3.05, 3.63) is 94.9 Å². The first-order valence-corrected chi connectivity index (χ1v) is 21.0. The summed E-state index contributed by atoms with van der Waals surface area (Å²) in [4.78, 5) is 15.0. The van der Waals surface area contributed by atoms with Gasteiger partial charge >= 0.3 is 5.97 Å². The van der Waals surface area contributed by atoms with Gasteiger partial charge in [-0.25, -0.2) is 9.37 Å². The minimum Gasteiger partial charge on any atom is -0.478 e. The standard InChI is InChI=1S/C36H34Cl4N2O9S2/c1-7-41-23-11-25-21(9-19(23)17(13-35(41,3)4)15-52(45,46)47)27(28-29(34(43)44)31(38)33(40)32(39)30(28)37)22-10-20-18(16-53(48,49)50)14-36(5,6)42(8-2)24(20)12-26(22)51-25/h9-14H,7-8,15-16H2,1-6H3,(H2-,43,44,45,46,47,48,49,50)/p+1. The van der Waals surface area contributed by atoms with Gasteiger partial charge in [-0.15, -0.1) is 0 Å². The van der Waals surface area contributed by atoms with Gasteiger partial charge in [-0.05, 0) is 57.0 Å². The van der Waals surface area contributed by atoms with E-state index in [4.69, 9.17) is 51.1 Å². The number of ether oxygens (including phenoxy) is 1. The van der Waals surface area contributed by atoms with Crippen LogP contribution in [0.1, 0.15) is 74.2 Å². The smallest absolute Gasteiger partial charge is 0.337 e. The topological polar surface area (TPSA) is 162 Å². The van der Waals surface area contributed by atoms with Crippen LogP contribution in [0.15, 0.2) is 36.4 Å². The predicted molar refractivity (Wildman–Crippen MR) is 209 cm³/mol. The SMILES string of the molecule is CCN1c2cc3c(cc2C(CS(=O)(=O)O)=CC1(C)C)C(c1c(Cl)c(Cl)c(Cl)c(Cl)c1C(=O)O)=c1cc2c(cc1O3)=[N+](CC)C(C)(C)C=C2CS(=O)(=O)O. The average molecular weight is 846 g/mol. The Labute approximate surface area is 326 Å². The highest BCUT2D eigenvalue weighted by molar-refractivity contribution is 7.86. The van der Waals surface area contributed by atoms with Crippen LogP contribution in [0.25, 0.3) is 16.7 Å². The Kier molecular flexibility index (Phi) is 9.90. The van der Waals surface area contributed by atoms with E-state index in [0.717, 1.165) is 0 Å². The maximum absolute atomic E-state index is 13.0. The van der Waals surface area contributed by atoms with Crippen LogP contribution in [0.3, 0.4) is 0 Å². The van der Waals surface area contributed by atoms with Gasteiger partial charge in [0.15, 0.2) is 5.54 Å². The number of rotatable bonds is 8. The van der Waals surface area contributed by atoms with E-state index in [1.54, 1.807) is 36.4 Å². The van der Waals surface area contributed by atoms with E-state index in [9.17, 15) is 35.8 Å². The number of anilines is 1. The van der Waals surface area contributed by atoms with E-state index in [2.05, 4.69) is 0 Å². The van der Waals surface area contributed by atoms with Crippen molar-refractivity contribution >= 4 is 95.0 Å². The molecule has 0 atom stereocenters. The average Bonchev–Trinajstić information content (AvgIpc) is 3.01. The number of likely N-dealkylation sites (N-methyl/N-ethyl adjacent to an activating group) is 2. The number of halogens is 4. The van der Waals surface area contributed by atoms with Gasteiger partial charge in [-0.3, -0.25) is 9.11 Å². The minimum absolute atomic E-state index is 0.128. The summed E-state index contributed by atoms with van der Waals surface area (Å²) in [5, 5.41) is 10.3. The summed E-state index contributed by atoms with van der Waals surface area (Å²) in [7, 11) is -9.04. The molecular formula is C36H35Cl4N2O9S2+. The minimum atomic E-state index is -4.52. The quantitative estimate of drug-likeness (QED) is 0.0744. The number of carbonyl (C=O) groups is 1. The zero-order valence-electron chi connectivity index (χ0n) is 29.3. The highest BCUT2D eigenvalue weighted by Gasteiger charge is 2.39. The largest absolute Gasteiger partial charge is 0.478 e. The van der Waals surface area contributed by atoms with Crippen molar-refractivity contribution in [2.75, 3.05) is 29.5 Å². The fraction of sp³-hybridized carbons (Fsp3) is 0.333. The Hall–Kier alpha value is -3.14. The first-order valence-electron chi connectivity index (χ1n) is 16.3. The van der Waals surface area contributed by atoms with Gasteiger partial charge in [0.2, 0.25) is 5.36 Å². The molecule has 3 aliphatic heterocycles. The lowest BCUT2D eigenvalue weighted by molar-refractivity contribution is 0.0696. The van der Waals surface area contributed by atoms with Crippen LogP contribution in [0.2, 0.25) is 20.1 Å². The van der Waals surface area contributed by atoms with E-state index in [0.29, 0.717) is 35.3 Å². The molecule has 0 saturated heterocycles. The number of carboxylic acids is 1. The molecule has 0 radical (unpaired) electrons. The van der Waals surface area contributed by atoms with Crippen LogP contribution >= 0.6 is 46.4 Å².